The lowest BCUT2D eigenvalue weighted by atomic mass is 9.87. The second-order valence-electron chi connectivity index (χ2n) is 5.42. The van der Waals surface area contributed by atoms with E-state index in [-0.39, 0.29) is 0 Å². The first-order valence-electron chi connectivity index (χ1n) is 7.18. The molecule has 18 heavy (non-hydrogen) atoms. The SMILES string of the molecule is COc1ccc(C)cc1NCCC1CCCCC1. The third kappa shape index (κ3) is 3.66. The second kappa shape index (κ2) is 6.67. The van der Waals surface area contributed by atoms with Gasteiger partial charge in [-0.2, -0.15) is 0 Å². The van der Waals surface area contributed by atoms with Crippen LogP contribution in [0.25, 0.3) is 0 Å². The van der Waals surface area contributed by atoms with Crippen LogP contribution in [0.1, 0.15) is 44.1 Å². The zero-order valence-electron chi connectivity index (χ0n) is 11.7. The van der Waals surface area contributed by atoms with E-state index in [0.717, 1.165) is 23.9 Å². The molecule has 0 unspecified atom stereocenters. The molecule has 1 N–H and O–H groups in total. The molecule has 2 heteroatoms. The monoisotopic (exact) mass is 247 g/mol. The molecule has 1 fully saturated rings. The van der Waals surface area contributed by atoms with Crippen molar-refractivity contribution >= 4 is 5.69 Å². The van der Waals surface area contributed by atoms with E-state index in [1.54, 1.807) is 7.11 Å². The first-order valence-corrected chi connectivity index (χ1v) is 7.18. The van der Waals surface area contributed by atoms with Gasteiger partial charge in [-0.15, -0.1) is 0 Å². The zero-order valence-corrected chi connectivity index (χ0v) is 11.7. The van der Waals surface area contributed by atoms with Gasteiger partial charge in [0, 0.05) is 6.54 Å². The Morgan fingerprint density at radius 1 is 1.22 bits per heavy atom. The van der Waals surface area contributed by atoms with Gasteiger partial charge in [0.2, 0.25) is 0 Å². The van der Waals surface area contributed by atoms with Crippen LogP contribution in [0.4, 0.5) is 5.69 Å². The molecule has 1 aromatic rings. The van der Waals surface area contributed by atoms with Gasteiger partial charge < -0.3 is 10.1 Å². The predicted octanol–water partition coefficient (Wildman–Crippen LogP) is 4.39. The van der Waals surface area contributed by atoms with Crippen molar-refractivity contribution in [3.05, 3.63) is 23.8 Å². The highest BCUT2D eigenvalue weighted by atomic mass is 16.5. The molecule has 0 saturated heterocycles. The zero-order chi connectivity index (χ0) is 12.8. The lowest BCUT2D eigenvalue weighted by Gasteiger charge is -2.22. The molecule has 0 bridgehead atoms. The fraction of sp³-hybridized carbons (Fsp3) is 0.625. The van der Waals surface area contributed by atoms with E-state index in [1.165, 1.54) is 44.1 Å². The molecule has 0 atom stereocenters. The van der Waals surface area contributed by atoms with Crippen molar-refractivity contribution < 1.29 is 4.74 Å². The molecular formula is C16H25NO. The number of aryl methyl sites for hydroxylation is 1. The molecule has 1 aromatic carbocycles. The molecule has 2 nitrogen and oxygen atoms in total. The van der Waals surface area contributed by atoms with Crippen LogP contribution in [0.5, 0.6) is 5.75 Å². The molecule has 100 valence electrons. The standard InChI is InChI=1S/C16H25NO/c1-13-8-9-16(18-2)15(12-13)17-11-10-14-6-4-3-5-7-14/h8-9,12,14,17H,3-7,10-11H2,1-2H3. The molecule has 1 aliphatic carbocycles. The Morgan fingerprint density at radius 3 is 2.72 bits per heavy atom. The van der Waals surface area contributed by atoms with Crippen LogP contribution < -0.4 is 10.1 Å². The number of methoxy groups -OCH3 is 1. The Kier molecular flexibility index (Phi) is 4.91. The Labute approximate surface area is 111 Å². The molecule has 1 aliphatic rings. The van der Waals surface area contributed by atoms with E-state index >= 15 is 0 Å². The second-order valence-corrected chi connectivity index (χ2v) is 5.42. The number of rotatable bonds is 5. The Hall–Kier alpha value is -1.18. The molecule has 0 aliphatic heterocycles. The van der Waals surface area contributed by atoms with E-state index in [2.05, 4.69) is 24.4 Å². The van der Waals surface area contributed by atoms with Crippen LogP contribution in [0.2, 0.25) is 0 Å². The summed E-state index contributed by atoms with van der Waals surface area (Å²) < 4.78 is 5.38. The van der Waals surface area contributed by atoms with Gasteiger partial charge in [-0.1, -0.05) is 38.2 Å². The smallest absolute Gasteiger partial charge is 0.141 e. The van der Waals surface area contributed by atoms with E-state index in [9.17, 15) is 0 Å². The Morgan fingerprint density at radius 2 is 2.00 bits per heavy atom. The summed E-state index contributed by atoms with van der Waals surface area (Å²) in [5, 5.41) is 3.53. The van der Waals surface area contributed by atoms with Gasteiger partial charge in [0.25, 0.3) is 0 Å². The summed E-state index contributed by atoms with van der Waals surface area (Å²) in [4.78, 5) is 0. The van der Waals surface area contributed by atoms with Crippen molar-refractivity contribution in [1.82, 2.24) is 0 Å². The Balaban J connectivity index is 1.83. The molecule has 0 amide bonds. The molecule has 0 heterocycles. The van der Waals surface area contributed by atoms with E-state index in [4.69, 9.17) is 4.74 Å². The summed E-state index contributed by atoms with van der Waals surface area (Å²) in [6.45, 7) is 3.18. The summed E-state index contributed by atoms with van der Waals surface area (Å²) >= 11 is 0. The van der Waals surface area contributed by atoms with Gasteiger partial charge in [0.1, 0.15) is 5.75 Å². The number of ether oxygens (including phenoxy) is 1. The molecule has 0 spiro atoms. The highest BCUT2D eigenvalue weighted by Gasteiger charge is 2.13. The fourth-order valence-corrected chi connectivity index (χ4v) is 2.85. The van der Waals surface area contributed by atoms with Gasteiger partial charge >= 0.3 is 0 Å². The number of hydrogen-bond donors (Lipinski definition) is 1. The average Bonchev–Trinajstić information content (AvgIpc) is 2.40. The van der Waals surface area contributed by atoms with Crippen LogP contribution in [0, 0.1) is 12.8 Å². The molecule has 0 aromatic heterocycles. The maximum atomic E-state index is 5.38. The van der Waals surface area contributed by atoms with Gasteiger partial charge in [-0.05, 0) is 37.0 Å². The lowest BCUT2D eigenvalue weighted by Crippen LogP contribution is -2.12. The highest BCUT2D eigenvalue weighted by Crippen LogP contribution is 2.28. The normalized spacial score (nSPS) is 16.6. The van der Waals surface area contributed by atoms with Crippen molar-refractivity contribution in [2.24, 2.45) is 5.92 Å². The third-order valence-electron chi connectivity index (χ3n) is 3.95. The van der Waals surface area contributed by atoms with E-state index in [0.29, 0.717) is 0 Å². The van der Waals surface area contributed by atoms with Crippen LogP contribution in [0.15, 0.2) is 18.2 Å². The quantitative estimate of drug-likeness (QED) is 0.833. The average molecular weight is 247 g/mol. The van der Waals surface area contributed by atoms with Crippen molar-refractivity contribution in [1.29, 1.82) is 0 Å². The maximum absolute atomic E-state index is 5.38. The van der Waals surface area contributed by atoms with Gasteiger partial charge in [-0.25, -0.2) is 0 Å². The topological polar surface area (TPSA) is 21.3 Å². The van der Waals surface area contributed by atoms with Crippen LogP contribution >= 0.6 is 0 Å². The Bertz CT molecular complexity index is 369. The van der Waals surface area contributed by atoms with Gasteiger partial charge in [-0.3, -0.25) is 0 Å². The molecule has 1 saturated carbocycles. The van der Waals surface area contributed by atoms with Crippen molar-refractivity contribution in [3.8, 4) is 5.75 Å². The van der Waals surface area contributed by atoms with Crippen molar-refractivity contribution in [2.75, 3.05) is 19.0 Å². The molecule has 2 rings (SSSR count). The summed E-state index contributed by atoms with van der Waals surface area (Å²) in [5.74, 6) is 1.88. The minimum atomic E-state index is 0.932. The summed E-state index contributed by atoms with van der Waals surface area (Å²) in [6.07, 6.45) is 8.43. The predicted molar refractivity (Wildman–Crippen MR) is 77.4 cm³/mol. The molecular weight excluding hydrogens is 222 g/mol. The minimum absolute atomic E-state index is 0.932. The van der Waals surface area contributed by atoms with Crippen LogP contribution in [-0.4, -0.2) is 13.7 Å². The lowest BCUT2D eigenvalue weighted by molar-refractivity contribution is 0.345. The third-order valence-corrected chi connectivity index (χ3v) is 3.95. The van der Waals surface area contributed by atoms with Crippen LogP contribution in [-0.2, 0) is 0 Å². The van der Waals surface area contributed by atoms with E-state index < -0.39 is 0 Å². The number of benzene rings is 1. The van der Waals surface area contributed by atoms with E-state index in [1.807, 2.05) is 6.07 Å². The summed E-state index contributed by atoms with van der Waals surface area (Å²) in [7, 11) is 1.73. The first kappa shape index (κ1) is 13.3. The highest BCUT2D eigenvalue weighted by molar-refractivity contribution is 5.57. The minimum Gasteiger partial charge on any atom is -0.495 e. The largest absolute Gasteiger partial charge is 0.495 e. The number of hydrogen-bond acceptors (Lipinski definition) is 2. The van der Waals surface area contributed by atoms with Gasteiger partial charge in [0.15, 0.2) is 0 Å². The van der Waals surface area contributed by atoms with Crippen molar-refractivity contribution in [2.45, 2.75) is 45.4 Å². The first-order chi connectivity index (χ1) is 8.79. The van der Waals surface area contributed by atoms with Gasteiger partial charge in [0.05, 0.1) is 12.8 Å². The van der Waals surface area contributed by atoms with Crippen LogP contribution in [0.3, 0.4) is 0 Å². The maximum Gasteiger partial charge on any atom is 0.141 e. The number of nitrogens with one attached hydrogen (secondary N) is 1. The number of anilines is 1. The summed E-state index contributed by atoms with van der Waals surface area (Å²) in [6, 6.07) is 6.29. The summed E-state index contributed by atoms with van der Waals surface area (Å²) in [5.41, 5.74) is 2.41. The fourth-order valence-electron chi connectivity index (χ4n) is 2.85. The van der Waals surface area contributed by atoms with Crippen molar-refractivity contribution in [3.63, 3.8) is 0 Å². The molecule has 0 radical (unpaired) electrons.